The number of carbonyl (C=O) groups is 1. The van der Waals surface area contributed by atoms with Crippen molar-refractivity contribution in [2.75, 3.05) is 13.1 Å². The third-order valence-corrected chi connectivity index (χ3v) is 5.54. The fourth-order valence-corrected chi connectivity index (χ4v) is 4.24. The quantitative estimate of drug-likeness (QED) is 0.790. The Kier molecular flexibility index (Phi) is 6.49. The SMILES string of the molecule is CCN(C(C)C(=O)NC1CCCC1)C1CCCCC1CN. The van der Waals surface area contributed by atoms with E-state index >= 15 is 0 Å². The standard InChI is InChI=1S/C17H33N3O/c1-3-20(16-11-7-4-8-14(16)12-18)13(2)17(21)19-15-9-5-6-10-15/h13-16H,3-12,18H2,1-2H3,(H,19,21). The molecule has 2 fully saturated rings. The first-order valence-corrected chi connectivity index (χ1v) is 8.93. The Balaban J connectivity index is 1.95. The number of nitrogens with two attached hydrogens (primary N) is 1. The second-order valence-corrected chi connectivity index (χ2v) is 6.84. The van der Waals surface area contributed by atoms with E-state index in [9.17, 15) is 4.79 Å². The molecular weight excluding hydrogens is 262 g/mol. The van der Waals surface area contributed by atoms with E-state index in [4.69, 9.17) is 5.73 Å². The number of carbonyl (C=O) groups excluding carboxylic acids is 1. The molecule has 2 rings (SSSR count). The molecule has 0 aromatic carbocycles. The summed E-state index contributed by atoms with van der Waals surface area (Å²) in [4.78, 5) is 14.9. The van der Waals surface area contributed by atoms with Gasteiger partial charge in [0.1, 0.15) is 0 Å². The van der Waals surface area contributed by atoms with Crippen molar-refractivity contribution < 1.29 is 4.79 Å². The van der Waals surface area contributed by atoms with E-state index in [1.165, 1.54) is 38.5 Å². The van der Waals surface area contributed by atoms with Crippen LogP contribution in [-0.4, -0.2) is 42.0 Å². The monoisotopic (exact) mass is 295 g/mol. The third kappa shape index (κ3) is 4.19. The van der Waals surface area contributed by atoms with Crippen molar-refractivity contribution in [3.05, 3.63) is 0 Å². The molecule has 2 saturated carbocycles. The summed E-state index contributed by atoms with van der Waals surface area (Å²) < 4.78 is 0. The van der Waals surface area contributed by atoms with Crippen LogP contribution >= 0.6 is 0 Å². The highest BCUT2D eigenvalue weighted by molar-refractivity contribution is 5.81. The molecule has 0 spiro atoms. The van der Waals surface area contributed by atoms with Crippen LogP contribution in [0.3, 0.4) is 0 Å². The van der Waals surface area contributed by atoms with Gasteiger partial charge in [0.25, 0.3) is 0 Å². The molecule has 0 radical (unpaired) electrons. The second kappa shape index (κ2) is 8.14. The number of hydrogen-bond acceptors (Lipinski definition) is 3. The number of hydrogen-bond donors (Lipinski definition) is 2. The molecule has 21 heavy (non-hydrogen) atoms. The average molecular weight is 295 g/mol. The van der Waals surface area contributed by atoms with Crippen LogP contribution in [0.15, 0.2) is 0 Å². The van der Waals surface area contributed by atoms with E-state index < -0.39 is 0 Å². The van der Waals surface area contributed by atoms with Crippen molar-refractivity contribution >= 4 is 5.91 Å². The fraction of sp³-hybridized carbons (Fsp3) is 0.941. The molecule has 2 aliphatic rings. The zero-order valence-corrected chi connectivity index (χ0v) is 13.8. The lowest BCUT2D eigenvalue weighted by Gasteiger charge is -2.42. The normalized spacial score (nSPS) is 28.8. The third-order valence-electron chi connectivity index (χ3n) is 5.54. The van der Waals surface area contributed by atoms with Crippen LogP contribution in [0.25, 0.3) is 0 Å². The average Bonchev–Trinajstić information content (AvgIpc) is 3.01. The predicted octanol–water partition coefficient (Wildman–Crippen LogP) is 2.27. The molecule has 4 nitrogen and oxygen atoms in total. The Morgan fingerprint density at radius 1 is 1.19 bits per heavy atom. The molecule has 122 valence electrons. The van der Waals surface area contributed by atoms with Crippen LogP contribution in [-0.2, 0) is 4.79 Å². The number of rotatable bonds is 6. The molecule has 3 unspecified atom stereocenters. The topological polar surface area (TPSA) is 58.4 Å². The first kappa shape index (κ1) is 16.8. The summed E-state index contributed by atoms with van der Waals surface area (Å²) in [6.07, 6.45) is 9.79. The van der Waals surface area contributed by atoms with E-state index in [1.54, 1.807) is 0 Å². The minimum absolute atomic E-state index is 0.0345. The molecule has 0 saturated heterocycles. The van der Waals surface area contributed by atoms with E-state index in [1.807, 2.05) is 0 Å². The zero-order valence-electron chi connectivity index (χ0n) is 13.8. The summed E-state index contributed by atoms with van der Waals surface area (Å²) in [5, 5.41) is 3.25. The minimum atomic E-state index is -0.0345. The van der Waals surface area contributed by atoms with Crippen LogP contribution in [0.2, 0.25) is 0 Å². The van der Waals surface area contributed by atoms with Crippen LogP contribution in [0.1, 0.15) is 65.2 Å². The Hall–Kier alpha value is -0.610. The van der Waals surface area contributed by atoms with Gasteiger partial charge >= 0.3 is 0 Å². The Bertz CT molecular complexity index is 328. The van der Waals surface area contributed by atoms with Crippen LogP contribution in [0.5, 0.6) is 0 Å². The fourth-order valence-electron chi connectivity index (χ4n) is 4.24. The van der Waals surface area contributed by atoms with Gasteiger partial charge in [-0.1, -0.05) is 32.6 Å². The van der Waals surface area contributed by atoms with Gasteiger partial charge in [-0.05, 0) is 51.6 Å². The molecule has 4 heteroatoms. The molecule has 0 aromatic rings. The van der Waals surface area contributed by atoms with Gasteiger partial charge in [0.2, 0.25) is 5.91 Å². The smallest absolute Gasteiger partial charge is 0.237 e. The van der Waals surface area contributed by atoms with Crippen molar-refractivity contribution in [1.82, 2.24) is 10.2 Å². The lowest BCUT2D eigenvalue weighted by molar-refractivity contribution is -0.128. The molecular formula is C17H33N3O. The molecule has 0 aromatic heterocycles. The highest BCUT2D eigenvalue weighted by Crippen LogP contribution is 2.29. The van der Waals surface area contributed by atoms with Crippen LogP contribution in [0, 0.1) is 5.92 Å². The number of nitrogens with zero attached hydrogens (tertiary/aromatic N) is 1. The molecule has 3 atom stereocenters. The van der Waals surface area contributed by atoms with Crippen molar-refractivity contribution in [1.29, 1.82) is 0 Å². The largest absolute Gasteiger partial charge is 0.352 e. The molecule has 2 aliphatic carbocycles. The van der Waals surface area contributed by atoms with Crippen molar-refractivity contribution in [3.63, 3.8) is 0 Å². The number of nitrogens with one attached hydrogen (secondary N) is 1. The van der Waals surface area contributed by atoms with E-state index in [-0.39, 0.29) is 11.9 Å². The summed E-state index contributed by atoms with van der Waals surface area (Å²) >= 11 is 0. The van der Waals surface area contributed by atoms with Gasteiger partial charge in [0.15, 0.2) is 0 Å². The summed E-state index contributed by atoms with van der Waals surface area (Å²) in [5.74, 6) is 0.769. The van der Waals surface area contributed by atoms with Crippen molar-refractivity contribution in [2.24, 2.45) is 11.7 Å². The Labute approximate surface area is 129 Å². The first-order chi connectivity index (χ1) is 10.2. The van der Waals surface area contributed by atoms with Gasteiger partial charge in [-0.3, -0.25) is 9.69 Å². The van der Waals surface area contributed by atoms with Gasteiger partial charge in [-0.15, -0.1) is 0 Å². The Morgan fingerprint density at radius 3 is 2.43 bits per heavy atom. The van der Waals surface area contributed by atoms with Gasteiger partial charge < -0.3 is 11.1 Å². The lowest BCUT2D eigenvalue weighted by atomic mass is 9.83. The van der Waals surface area contributed by atoms with E-state index in [0.29, 0.717) is 18.0 Å². The molecule has 0 heterocycles. The molecule has 3 N–H and O–H groups in total. The first-order valence-electron chi connectivity index (χ1n) is 8.93. The van der Waals surface area contributed by atoms with Gasteiger partial charge in [0, 0.05) is 12.1 Å². The second-order valence-electron chi connectivity index (χ2n) is 6.84. The van der Waals surface area contributed by atoms with Gasteiger partial charge in [-0.2, -0.15) is 0 Å². The molecule has 1 amide bonds. The summed E-state index contributed by atoms with van der Waals surface area (Å²) in [6.45, 7) is 5.91. The van der Waals surface area contributed by atoms with Crippen LogP contribution in [0.4, 0.5) is 0 Å². The van der Waals surface area contributed by atoms with Crippen molar-refractivity contribution in [3.8, 4) is 0 Å². The van der Waals surface area contributed by atoms with E-state index in [2.05, 4.69) is 24.1 Å². The predicted molar refractivity (Wildman–Crippen MR) is 87.0 cm³/mol. The lowest BCUT2D eigenvalue weighted by Crippen LogP contribution is -2.54. The number of amides is 1. The number of likely N-dealkylation sites (N-methyl/N-ethyl adjacent to an activating group) is 1. The van der Waals surface area contributed by atoms with Crippen LogP contribution < -0.4 is 11.1 Å². The minimum Gasteiger partial charge on any atom is -0.352 e. The maximum absolute atomic E-state index is 12.6. The molecule has 0 bridgehead atoms. The maximum Gasteiger partial charge on any atom is 0.237 e. The summed E-state index contributed by atoms with van der Waals surface area (Å²) in [5.41, 5.74) is 5.97. The van der Waals surface area contributed by atoms with Gasteiger partial charge in [-0.25, -0.2) is 0 Å². The van der Waals surface area contributed by atoms with Crippen molar-refractivity contribution in [2.45, 2.75) is 83.3 Å². The summed E-state index contributed by atoms with van der Waals surface area (Å²) in [6, 6.07) is 0.862. The highest BCUT2D eigenvalue weighted by atomic mass is 16.2. The maximum atomic E-state index is 12.6. The highest BCUT2D eigenvalue weighted by Gasteiger charge is 2.34. The Morgan fingerprint density at radius 2 is 1.81 bits per heavy atom. The zero-order chi connectivity index (χ0) is 15.2. The summed E-state index contributed by atoms with van der Waals surface area (Å²) in [7, 11) is 0. The van der Waals surface area contributed by atoms with E-state index in [0.717, 1.165) is 25.9 Å². The molecule has 0 aliphatic heterocycles. The van der Waals surface area contributed by atoms with Gasteiger partial charge in [0.05, 0.1) is 6.04 Å².